The molecule has 0 spiro atoms. The molecule has 1 N–H and O–H groups in total. The molecule has 0 bridgehead atoms. The SMILES string of the molecule is C#CC(C)(CCCO)OC. The Balaban J connectivity index is 3.72. The van der Waals surface area contributed by atoms with E-state index in [1.807, 2.05) is 6.92 Å². The molecule has 0 saturated carbocycles. The molecule has 2 heteroatoms. The van der Waals surface area contributed by atoms with Gasteiger partial charge in [-0.2, -0.15) is 0 Å². The van der Waals surface area contributed by atoms with Gasteiger partial charge in [-0.15, -0.1) is 6.42 Å². The van der Waals surface area contributed by atoms with Crippen LogP contribution in [0.15, 0.2) is 0 Å². The summed E-state index contributed by atoms with van der Waals surface area (Å²) in [6.45, 7) is 2.00. The summed E-state index contributed by atoms with van der Waals surface area (Å²) in [4.78, 5) is 0. The van der Waals surface area contributed by atoms with Gasteiger partial charge in [0.1, 0.15) is 5.60 Å². The van der Waals surface area contributed by atoms with Gasteiger partial charge < -0.3 is 9.84 Å². The summed E-state index contributed by atoms with van der Waals surface area (Å²) in [7, 11) is 1.58. The molecule has 0 aliphatic carbocycles. The third kappa shape index (κ3) is 2.86. The van der Waals surface area contributed by atoms with E-state index in [2.05, 4.69) is 5.92 Å². The summed E-state index contributed by atoms with van der Waals surface area (Å²) in [5, 5.41) is 8.50. The van der Waals surface area contributed by atoms with Crippen LogP contribution in [0.2, 0.25) is 0 Å². The number of terminal acetylenes is 1. The van der Waals surface area contributed by atoms with E-state index < -0.39 is 5.60 Å². The van der Waals surface area contributed by atoms with Gasteiger partial charge in [0.15, 0.2) is 0 Å². The predicted molar refractivity (Wildman–Crippen MR) is 40.6 cm³/mol. The van der Waals surface area contributed by atoms with Gasteiger partial charge in [0.2, 0.25) is 0 Å². The molecule has 0 aromatic heterocycles. The monoisotopic (exact) mass is 142 g/mol. The van der Waals surface area contributed by atoms with Crippen molar-refractivity contribution in [2.75, 3.05) is 13.7 Å². The molecule has 0 saturated heterocycles. The first kappa shape index (κ1) is 9.48. The van der Waals surface area contributed by atoms with Crippen LogP contribution in [-0.4, -0.2) is 24.4 Å². The Hall–Kier alpha value is -0.520. The first-order valence-electron chi connectivity index (χ1n) is 3.32. The fourth-order valence-electron chi connectivity index (χ4n) is 0.650. The molecule has 1 atom stereocenters. The highest BCUT2D eigenvalue weighted by atomic mass is 16.5. The van der Waals surface area contributed by atoms with Crippen molar-refractivity contribution < 1.29 is 9.84 Å². The predicted octanol–water partition coefficient (Wildman–Crippen LogP) is 0.797. The number of rotatable bonds is 4. The molecule has 0 aromatic rings. The zero-order chi connectivity index (χ0) is 8.04. The average Bonchev–Trinajstić information content (AvgIpc) is 2.00. The maximum absolute atomic E-state index is 8.50. The standard InChI is InChI=1S/C8H14O2/c1-4-8(2,10-3)6-5-7-9/h1,9H,5-7H2,2-3H3. The van der Waals surface area contributed by atoms with E-state index in [0.717, 1.165) is 0 Å². The van der Waals surface area contributed by atoms with Crippen molar-refractivity contribution in [3.05, 3.63) is 0 Å². The zero-order valence-electron chi connectivity index (χ0n) is 6.55. The molecule has 0 heterocycles. The molecule has 0 radical (unpaired) electrons. The number of aliphatic hydroxyl groups excluding tert-OH is 1. The van der Waals surface area contributed by atoms with Gasteiger partial charge in [-0.3, -0.25) is 0 Å². The molecule has 0 aromatic carbocycles. The van der Waals surface area contributed by atoms with E-state index in [4.69, 9.17) is 16.3 Å². The number of ether oxygens (including phenoxy) is 1. The average molecular weight is 142 g/mol. The van der Waals surface area contributed by atoms with Crippen LogP contribution in [0.5, 0.6) is 0 Å². The van der Waals surface area contributed by atoms with Gasteiger partial charge in [-0.05, 0) is 19.8 Å². The highest BCUT2D eigenvalue weighted by Gasteiger charge is 2.18. The van der Waals surface area contributed by atoms with Gasteiger partial charge >= 0.3 is 0 Å². The Kier molecular flexibility index (Phi) is 4.10. The summed E-state index contributed by atoms with van der Waals surface area (Å²) in [5.41, 5.74) is -0.497. The third-order valence-corrected chi connectivity index (χ3v) is 1.57. The number of methoxy groups -OCH3 is 1. The second-order valence-electron chi connectivity index (χ2n) is 2.41. The lowest BCUT2D eigenvalue weighted by Gasteiger charge is -2.20. The topological polar surface area (TPSA) is 29.5 Å². The fourth-order valence-corrected chi connectivity index (χ4v) is 0.650. The highest BCUT2D eigenvalue weighted by Crippen LogP contribution is 2.14. The van der Waals surface area contributed by atoms with Gasteiger partial charge in [0.25, 0.3) is 0 Å². The summed E-state index contributed by atoms with van der Waals surface area (Å²) in [6, 6.07) is 0. The summed E-state index contributed by atoms with van der Waals surface area (Å²) >= 11 is 0. The van der Waals surface area contributed by atoms with Gasteiger partial charge in [0, 0.05) is 13.7 Å². The van der Waals surface area contributed by atoms with E-state index in [1.54, 1.807) is 7.11 Å². The van der Waals surface area contributed by atoms with Gasteiger partial charge in [-0.1, -0.05) is 5.92 Å². The van der Waals surface area contributed by atoms with E-state index >= 15 is 0 Å². The molecule has 58 valence electrons. The van der Waals surface area contributed by atoms with Crippen molar-refractivity contribution >= 4 is 0 Å². The van der Waals surface area contributed by atoms with Gasteiger partial charge in [0.05, 0.1) is 0 Å². The maximum Gasteiger partial charge on any atom is 0.125 e. The van der Waals surface area contributed by atoms with Crippen LogP contribution in [0.1, 0.15) is 19.8 Å². The molecule has 0 aliphatic rings. The van der Waals surface area contributed by atoms with E-state index in [-0.39, 0.29) is 6.61 Å². The minimum absolute atomic E-state index is 0.167. The first-order chi connectivity index (χ1) is 4.68. The van der Waals surface area contributed by atoms with E-state index in [0.29, 0.717) is 12.8 Å². The van der Waals surface area contributed by atoms with E-state index in [1.165, 1.54) is 0 Å². The minimum Gasteiger partial charge on any atom is -0.396 e. The Morgan fingerprint density at radius 1 is 1.70 bits per heavy atom. The quantitative estimate of drug-likeness (QED) is 0.588. The third-order valence-electron chi connectivity index (χ3n) is 1.57. The van der Waals surface area contributed by atoms with Crippen molar-refractivity contribution in [3.8, 4) is 12.3 Å². The number of hydrogen-bond acceptors (Lipinski definition) is 2. The Bertz CT molecular complexity index is 126. The smallest absolute Gasteiger partial charge is 0.125 e. The molecule has 0 amide bonds. The highest BCUT2D eigenvalue weighted by molar-refractivity contribution is 5.05. The normalized spacial score (nSPS) is 15.8. The van der Waals surface area contributed by atoms with Crippen molar-refractivity contribution in [2.45, 2.75) is 25.4 Å². The van der Waals surface area contributed by atoms with Crippen LogP contribution in [-0.2, 0) is 4.74 Å². The Labute approximate surface area is 62.2 Å². The molecule has 2 nitrogen and oxygen atoms in total. The first-order valence-corrected chi connectivity index (χ1v) is 3.32. The Morgan fingerprint density at radius 3 is 2.60 bits per heavy atom. The van der Waals surface area contributed by atoms with Gasteiger partial charge in [-0.25, -0.2) is 0 Å². The van der Waals surface area contributed by atoms with Crippen LogP contribution in [0.3, 0.4) is 0 Å². The molecular formula is C8H14O2. The largest absolute Gasteiger partial charge is 0.396 e. The lowest BCUT2D eigenvalue weighted by atomic mass is 10.0. The van der Waals surface area contributed by atoms with Crippen molar-refractivity contribution in [1.82, 2.24) is 0 Å². The molecule has 10 heavy (non-hydrogen) atoms. The molecule has 1 unspecified atom stereocenters. The summed E-state index contributed by atoms with van der Waals surface area (Å²) in [5.74, 6) is 2.53. The zero-order valence-corrected chi connectivity index (χ0v) is 6.55. The molecule has 0 rings (SSSR count). The molecule has 0 fully saturated rings. The van der Waals surface area contributed by atoms with Crippen molar-refractivity contribution in [3.63, 3.8) is 0 Å². The number of aliphatic hydroxyl groups is 1. The fraction of sp³-hybridized carbons (Fsp3) is 0.750. The van der Waals surface area contributed by atoms with Crippen molar-refractivity contribution in [1.29, 1.82) is 0 Å². The van der Waals surface area contributed by atoms with Crippen LogP contribution >= 0.6 is 0 Å². The van der Waals surface area contributed by atoms with Crippen molar-refractivity contribution in [2.24, 2.45) is 0 Å². The molecular weight excluding hydrogens is 128 g/mol. The van der Waals surface area contributed by atoms with Crippen LogP contribution in [0.4, 0.5) is 0 Å². The number of hydrogen-bond donors (Lipinski definition) is 1. The molecule has 0 aliphatic heterocycles. The van der Waals surface area contributed by atoms with Crippen LogP contribution in [0.25, 0.3) is 0 Å². The summed E-state index contributed by atoms with van der Waals surface area (Å²) in [6.07, 6.45) is 6.60. The maximum atomic E-state index is 8.50. The lowest BCUT2D eigenvalue weighted by Crippen LogP contribution is -2.24. The summed E-state index contributed by atoms with van der Waals surface area (Å²) < 4.78 is 5.04. The van der Waals surface area contributed by atoms with Crippen LogP contribution in [0, 0.1) is 12.3 Å². The lowest BCUT2D eigenvalue weighted by molar-refractivity contribution is 0.0441. The second kappa shape index (κ2) is 4.32. The Morgan fingerprint density at radius 2 is 2.30 bits per heavy atom. The van der Waals surface area contributed by atoms with Crippen LogP contribution < -0.4 is 0 Å². The second-order valence-corrected chi connectivity index (χ2v) is 2.41. The van der Waals surface area contributed by atoms with E-state index in [9.17, 15) is 0 Å². The minimum atomic E-state index is -0.497.